The van der Waals surface area contributed by atoms with Crippen LogP contribution in [0.2, 0.25) is 0 Å². The van der Waals surface area contributed by atoms with E-state index in [-0.39, 0.29) is 11.8 Å². The third-order valence-corrected chi connectivity index (χ3v) is 4.41. The summed E-state index contributed by atoms with van der Waals surface area (Å²) in [6, 6.07) is 7.26. The highest BCUT2D eigenvalue weighted by Gasteiger charge is 2.13. The van der Waals surface area contributed by atoms with Crippen LogP contribution in [-0.4, -0.2) is 48.4 Å². The van der Waals surface area contributed by atoms with Crippen molar-refractivity contribution in [1.82, 2.24) is 4.90 Å². The average molecular weight is 335 g/mol. The van der Waals surface area contributed by atoms with Gasteiger partial charge >= 0.3 is 0 Å². The lowest BCUT2D eigenvalue weighted by atomic mass is 10.1. The number of hydrogen-bond acceptors (Lipinski definition) is 4. The number of rotatable bonds is 7. The molecule has 1 aromatic carbocycles. The van der Waals surface area contributed by atoms with E-state index >= 15 is 0 Å². The first-order valence-corrected chi connectivity index (χ1v) is 9.48. The van der Waals surface area contributed by atoms with E-state index in [2.05, 4.69) is 15.5 Å². The fourth-order valence-corrected chi connectivity index (χ4v) is 2.97. The van der Waals surface area contributed by atoms with Crippen LogP contribution in [0, 0.1) is 0 Å². The molecule has 23 heavy (non-hydrogen) atoms. The van der Waals surface area contributed by atoms with Gasteiger partial charge in [0.2, 0.25) is 11.8 Å². The van der Waals surface area contributed by atoms with Crippen molar-refractivity contribution in [2.75, 3.05) is 42.3 Å². The van der Waals surface area contributed by atoms with Gasteiger partial charge in [-0.25, -0.2) is 0 Å². The molecule has 0 aromatic heterocycles. The first-order valence-electron chi connectivity index (χ1n) is 8.08. The Bertz CT molecular complexity index is 513. The summed E-state index contributed by atoms with van der Waals surface area (Å²) in [5.41, 5.74) is 1.51. The fraction of sp³-hybridized carbons (Fsp3) is 0.529. The molecule has 1 saturated heterocycles. The fourth-order valence-electron chi connectivity index (χ4n) is 2.58. The minimum absolute atomic E-state index is 0.0150. The molecule has 0 atom stereocenters. The van der Waals surface area contributed by atoms with Crippen LogP contribution in [0.25, 0.3) is 0 Å². The van der Waals surface area contributed by atoms with Crippen molar-refractivity contribution in [3.05, 3.63) is 24.3 Å². The van der Waals surface area contributed by atoms with Gasteiger partial charge in [-0.2, -0.15) is 11.8 Å². The highest BCUT2D eigenvalue weighted by Crippen LogP contribution is 2.14. The highest BCUT2D eigenvalue weighted by atomic mass is 32.2. The van der Waals surface area contributed by atoms with Crippen molar-refractivity contribution in [2.45, 2.75) is 25.7 Å². The Hall–Kier alpha value is -1.53. The Morgan fingerprint density at radius 3 is 2.13 bits per heavy atom. The number of carbonyl (C=O) groups excluding carboxylic acids is 2. The number of hydrogen-bond donors (Lipinski definition) is 2. The quantitative estimate of drug-likeness (QED) is 0.804. The van der Waals surface area contributed by atoms with Crippen LogP contribution in [0.5, 0.6) is 0 Å². The van der Waals surface area contributed by atoms with E-state index in [0.29, 0.717) is 13.0 Å². The van der Waals surface area contributed by atoms with E-state index in [4.69, 9.17) is 0 Å². The monoisotopic (exact) mass is 335 g/mol. The molecule has 126 valence electrons. The van der Waals surface area contributed by atoms with Crippen LogP contribution in [0.15, 0.2) is 24.3 Å². The number of nitrogens with one attached hydrogen (secondary N) is 2. The number of anilines is 2. The summed E-state index contributed by atoms with van der Waals surface area (Å²) in [6.07, 6.45) is 6.11. The SMILES string of the molecule is CSCCC(=O)Nc1ccc(NC(=O)CN2CCCCC2)cc1. The average Bonchev–Trinajstić information content (AvgIpc) is 2.55. The van der Waals surface area contributed by atoms with Crippen LogP contribution in [-0.2, 0) is 9.59 Å². The van der Waals surface area contributed by atoms with E-state index in [0.717, 1.165) is 30.2 Å². The minimum atomic E-state index is 0.0150. The molecule has 0 saturated carbocycles. The van der Waals surface area contributed by atoms with Crippen LogP contribution in [0.1, 0.15) is 25.7 Å². The summed E-state index contributed by atoms with van der Waals surface area (Å²) in [6.45, 7) is 2.47. The van der Waals surface area contributed by atoms with Crippen LogP contribution in [0.4, 0.5) is 11.4 Å². The van der Waals surface area contributed by atoms with E-state index in [1.54, 1.807) is 11.8 Å². The topological polar surface area (TPSA) is 61.4 Å². The molecule has 0 unspecified atom stereocenters. The Morgan fingerprint density at radius 1 is 1.00 bits per heavy atom. The van der Waals surface area contributed by atoms with E-state index in [1.807, 2.05) is 30.5 Å². The largest absolute Gasteiger partial charge is 0.326 e. The predicted molar refractivity (Wildman–Crippen MR) is 97.0 cm³/mol. The van der Waals surface area contributed by atoms with E-state index in [1.165, 1.54) is 19.3 Å². The first-order chi connectivity index (χ1) is 11.2. The molecule has 2 amide bonds. The molecule has 1 fully saturated rings. The molecule has 0 bridgehead atoms. The van der Waals surface area contributed by atoms with Crippen LogP contribution >= 0.6 is 11.8 Å². The van der Waals surface area contributed by atoms with E-state index < -0.39 is 0 Å². The maximum absolute atomic E-state index is 12.0. The second-order valence-corrected chi connectivity index (χ2v) is 6.74. The van der Waals surface area contributed by atoms with Crippen molar-refractivity contribution in [3.63, 3.8) is 0 Å². The summed E-state index contributed by atoms with van der Waals surface area (Å²) in [5.74, 6) is 0.848. The second kappa shape index (κ2) is 9.57. The number of amides is 2. The van der Waals surface area contributed by atoms with Gasteiger partial charge in [-0.05, 0) is 56.5 Å². The Labute approximate surface area is 142 Å². The third kappa shape index (κ3) is 6.62. The third-order valence-electron chi connectivity index (χ3n) is 3.80. The maximum Gasteiger partial charge on any atom is 0.238 e. The van der Waals surface area contributed by atoms with Gasteiger partial charge in [0.25, 0.3) is 0 Å². The summed E-state index contributed by atoms with van der Waals surface area (Å²) < 4.78 is 0. The van der Waals surface area contributed by atoms with Crippen molar-refractivity contribution < 1.29 is 9.59 Å². The second-order valence-electron chi connectivity index (χ2n) is 5.75. The Kier molecular flexibility index (Phi) is 7.42. The number of carbonyl (C=O) groups is 2. The van der Waals surface area contributed by atoms with Gasteiger partial charge in [0.1, 0.15) is 0 Å². The standard InChI is InChI=1S/C17H25N3O2S/c1-23-12-9-16(21)18-14-5-7-15(8-6-14)19-17(22)13-20-10-3-2-4-11-20/h5-8H,2-4,9-13H2,1H3,(H,18,21)(H,19,22). The van der Waals surface area contributed by atoms with Gasteiger partial charge in [0, 0.05) is 23.5 Å². The first kappa shape index (κ1) is 17.8. The molecule has 5 nitrogen and oxygen atoms in total. The molecule has 1 heterocycles. The molecule has 0 radical (unpaired) electrons. The lowest BCUT2D eigenvalue weighted by Gasteiger charge is -2.25. The molecular weight excluding hydrogens is 310 g/mol. The molecule has 1 aliphatic heterocycles. The van der Waals surface area contributed by atoms with Gasteiger partial charge in [-0.15, -0.1) is 0 Å². The van der Waals surface area contributed by atoms with Gasteiger partial charge < -0.3 is 10.6 Å². The number of thioether (sulfide) groups is 1. The van der Waals surface area contributed by atoms with Gasteiger partial charge in [0.05, 0.1) is 6.54 Å². The van der Waals surface area contributed by atoms with Crippen molar-refractivity contribution in [1.29, 1.82) is 0 Å². The zero-order chi connectivity index (χ0) is 16.5. The normalized spacial score (nSPS) is 15.2. The number of benzene rings is 1. The van der Waals surface area contributed by atoms with Crippen molar-refractivity contribution >= 4 is 35.0 Å². The predicted octanol–water partition coefficient (Wildman–Crippen LogP) is 2.80. The molecule has 2 N–H and O–H groups in total. The Morgan fingerprint density at radius 2 is 1.57 bits per heavy atom. The zero-order valence-corrected chi connectivity index (χ0v) is 14.5. The number of piperidine rings is 1. The minimum Gasteiger partial charge on any atom is -0.326 e. The summed E-state index contributed by atoms with van der Waals surface area (Å²) in [5, 5.41) is 5.76. The van der Waals surface area contributed by atoms with Crippen molar-refractivity contribution in [3.8, 4) is 0 Å². The Balaban J connectivity index is 1.77. The summed E-state index contributed by atoms with van der Waals surface area (Å²) in [7, 11) is 0. The van der Waals surface area contributed by atoms with Crippen molar-refractivity contribution in [2.24, 2.45) is 0 Å². The number of nitrogens with zero attached hydrogens (tertiary/aromatic N) is 1. The molecular formula is C17H25N3O2S. The molecule has 6 heteroatoms. The number of likely N-dealkylation sites (tertiary alicyclic amines) is 1. The molecule has 1 aliphatic rings. The summed E-state index contributed by atoms with van der Waals surface area (Å²) in [4.78, 5) is 25.9. The smallest absolute Gasteiger partial charge is 0.238 e. The molecule has 0 aliphatic carbocycles. The van der Waals surface area contributed by atoms with Gasteiger partial charge in [-0.3, -0.25) is 14.5 Å². The molecule has 1 aromatic rings. The van der Waals surface area contributed by atoms with Crippen LogP contribution in [0.3, 0.4) is 0 Å². The maximum atomic E-state index is 12.0. The summed E-state index contributed by atoms with van der Waals surface area (Å²) >= 11 is 1.65. The molecule has 0 spiro atoms. The van der Waals surface area contributed by atoms with E-state index in [9.17, 15) is 9.59 Å². The lowest BCUT2D eigenvalue weighted by Crippen LogP contribution is -2.36. The highest BCUT2D eigenvalue weighted by molar-refractivity contribution is 7.98. The molecule has 2 rings (SSSR count). The van der Waals surface area contributed by atoms with Gasteiger partial charge in [-0.1, -0.05) is 6.42 Å². The lowest BCUT2D eigenvalue weighted by molar-refractivity contribution is -0.117. The van der Waals surface area contributed by atoms with Gasteiger partial charge in [0.15, 0.2) is 0 Å². The zero-order valence-electron chi connectivity index (χ0n) is 13.6. The van der Waals surface area contributed by atoms with Crippen LogP contribution < -0.4 is 10.6 Å².